The van der Waals surface area contributed by atoms with Crippen molar-refractivity contribution in [2.75, 3.05) is 12.3 Å². The van der Waals surface area contributed by atoms with Crippen molar-refractivity contribution in [3.05, 3.63) is 35.6 Å². The lowest BCUT2D eigenvalue weighted by atomic mass is 9.83. The number of ether oxygens (including phenoxy) is 4. The molecule has 1 saturated carbocycles. The molecule has 0 radical (unpaired) electrons. The molecule has 10 heteroatoms. The van der Waals surface area contributed by atoms with Crippen molar-refractivity contribution in [2.45, 2.75) is 69.4 Å². The van der Waals surface area contributed by atoms with Gasteiger partial charge in [-0.1, -0.05) is 6.42 Å². The Morgan fingerprint density at radius 1 is 1.35 bits per heavy atom. The Balaban J connectivity index is 1.44. The van der Waals surface area contributed by atoms with E-state index in [4.69, 9.17) is 31.3 Å². The van der Waals surface area contributed by atoms with Gasteiger partial charge in [0.15, 0.2) is 24.3 Å². The summed E-state index contributed by atoms with van der Waals surface area (Å²) >= 11 is 0. The molecule has 0 spiro atoms. The first-order chi connectivity index (χ1) is 14.8. The van der Waals surface area contributed by atoms with Crippen LogP contribution in [-0.4, -0.2) is 50.9 Å². The van der Waals surface area contributed by atoms with Crippen LogP contribution in [0.5, 0.6) is 0 Å². The fraction of sp³-hybridized carbons (Fsp3) is 0.619. The van der Waals surface area contributed by atoms with Crippen molar-refractivity contribution in [3.63, 3.8) is 0 Å². The summed E-state index contributed by atoms with van der Waals surface area (Å²) in [6, 6.07) is 3.61. The third kappa shape index (κ3) is 3.33. The van der Waals surface area contributed by atoms with E-state index in [1.165, 1.54) is 6.33 Å². The molecule has 2 N–H and O–H groups in total. The quantitative estimate of drug-likeness (QED) is 0.571. The van der Waals surface area contributed by atoms with Crippen molar-refractivity contribution in [1.29, 1.82) is 0 Å². The minimum absolute atomic E-state index is 0.223. The van der Waals surface area contributed by atoms with Gasteiger partial charge >= 0.3 is 11.7 Å². The molecule has 164 valence electrons. The molecule has 5 rings (SSSR count). The Morgan fingerprint density at radius 3 is 2.87 bits per heavy atom. The maximum Gasteiger partial charge on any atom is 0.400 e. The highest BCUT2D eigenvalue weighted by Gasteiger charge is 2.69. The van der Waals surface area contributed by atoms with Gasteiger partial charge in [-0.3, -0.25) is 14.4 Å². The number of carbonyl (C=O) groups is 1. The molecule has 2 aliphatic heterocycles. The molecule has 2 aromatic heterocycles. The van der Waals surface area contributed by atoms with Gasteiger partial charge in [0.25, 0.3) is 0 Å². The smallest absolute Gasteiger partial charge is 0.400 e. The number of fused-ring (bicyclic) bond motifs is 2. The number of rotatable bonds is 5. The van der Waals surface area contributed by atoms with Gasteiger partial charge in [-0.05, 0) is 44.7 Å². The first kappa shape index (κ1) is 20.2. The number of esters is 1. The van der Waals surface area contributed by atoms with Crippen molar-refractivity contribution >= 4 is 17.3 Å². The van der Waals surface area contributed by atoms with E-state index in [9.17, 15) is 4.79 Å². The van der Waals surface area contributed by atoms with Gasteiger partial charge in [-0.25, -0.2) is 16.1 Å². The molecule has 0 aromatic carbocycles. The summed E-state index contributed by atoms with van der Waals surface area (Å²) in [6.07, 6.45) is 3.00. The minimum Gasteiger partial charge on any atom is -0.454 e. The highest BCUT2D eigenvalue weighted by atomic mass is 16.8. The first-order valence-corrected chi connectivity index (χ1v) is 10.5. The number of hydrogen-bond acceptors (Lipinski definition) is 8. The van der Waals surface area contributed by atoms with Gasteiger partial charge in [0, 0.05) is 6.42 Å². The molecule has 31 heavy (non-hydrogen) atoms. The molecule has 0 amide bonds. The van der Waals surface area contributed by atoms with Crippen LogP contribution < -0.4 is 5.73 Å². The molecule has 2 saturated heterocycles. The zero-order valence-corrected chi connectivity index (χ0v) is 17.5. The predicted octanol–water partition coefficient (Wildman–Crippen LogP) is 2.25. The van der Waals surface area contributed by atoms with Gasteiger partial charge in [-0.2, -0.15) is 5.10 Å². The molecular weight excluding hydrogens is 402 g/mol. The standard InChI is InChI=1S/C21H25N5O5/c1-20(2)29-17-16(13-7-8-14-19(22)24-11-25-26(13)14)30-21(23-3,18(17)31-20)10-28-15(27)9-12-5-4-6-12/h7-8,11-12,16-18H,4-6,9-10H2,1-2H3,(H2,22,24,25)/t16-,17-,18-,21+/m0/s1. The SMILES string of the molecule is [C-]#[N+][C@]1(COC(=O)CC2CCC2)O[C@@H](c2ccc3c(N)ncnn23)[C@@H]2OC(C)(C)O[C@@H]21. The second-order valence-electron chi connectivity index (χ2n) is 8.88. The zero-order valence-electron chi connectivity index (χ0n) is 17.5. The Morgan fingerprint density at radius 2 is 2.16 bits per heavy atom. The van der Waals surface area contributed by atoms with E-state index < -0.39 is 29.8 Å². The second-order valence-corrected chi connectivity index (χ2v) is 8.88. The molecule has 3 aliphatic rings. The molecule has 0 bridgehead atoms. The highest BCUT2D eigenvalue weighted by Crippen LogP contribution is 2.51. The molecule has 10 nitrogen and oxygen atoms in total. The van der Waals surface area contributed by atoms with E-state index in [1.54, 1.807) is 24.4 Å². The van der Waals surface area contributed by atoms with E-state index >= 15 is 0 Å². The number of carbonyl (C=O) groups excluding carboxylic acids is 1. The monoisotopic (exact) mass is 427 g/mol. The van der Waals surface area contributed by atoms with Crippen LogP contribution in [0.2, 0.25) is 0 Å². The summed E-state index contributed by atoms with van der Waals surface area (Å²) in [5.74, 6) is -0.516. The van der Waals surface area contributed by atoms with Gasteiger partial charge in [0.2, 0.25) is 0 Å². The summed E-state index contributed by atoms with van der Waals surface area (Å²) < 4.78 is 25.6. The number of aromatic nitrogens is 3. The van der Waals surface area contributed by atoms with Gasteiger partial charge in [0.05, 0.1) is 5.69 Å². The molecule has 4 heterocycles. The maximum atomic E-state index is 12.3. The highest BCUT2D eigenvalue weighted by molar-refractivity contribution is 5.70. The number of nitrogen functional groups attached to an aromatic ring is 1. The molecule has 3 fully saturated rings. The lowest BCUT2D eigenvalue weighted by Crippen LogP contribution is -2.45. The lowest BCUT2D eigenvalue weighted by Gasteiger charge is -2.26. The number of hydrogen-bond donors (Lipinski definition) is 1. The van der Waals surface area contributed by atoms with Crippen LogP contribution in [-0.2, 0) is 23.7 Å². The van der Waals surface area contributed by atoms with Crippen molar-refractivity contribution < 1.29 is 23.7 Å². The normalized spacial score (nSPS) is 31.8. The van der Waals surface area contributed by atoms with Crippen LogP contribution >= 0.6 is 0 Å². The summed E-state index contributed by atoms with van der Waals surface area (Å²) in [5, 5.41) is 4.28. The van der Waals surface area contributed by atoms with E-state index in [-0.39, 0.29) is 12.6 Å². The van der Waals surface area contributed by atoms with Gasteiger partial charge in [-0.15, -0.1) is 0 Å². The summed E-state index contributed by atoms with van der Waals surface area (Å²) in [4.78, 5) is 20.1. The Labute approximate surface area is 179 Å². The number of nitrogens with two attached hydrogens (primary N) is 1. The summed E-state index contributed by atoms with van der Waals surface area (Å²) in [5.41, 5.74) is 5.73. The second kappa shape index (κ2) is 7.15. The van der Waals surface area contributed by atoms with E-state index in [2.05, 4.69) is 14.9 Å². The van der Waals surface area contributed by atoms with Crippen LogP contribution in [0.25, 0.3) is 10.4 Å². The summed E-state index contributed by atoms with van der Waals surface area (Å²) in [6.45, 7) is 11.2. The maximum absolute atomic E-state index is 12.3. The van der Waals surface area contributed by atoms with E-state index in [0.717, 1.165) is 19.3 Å². The third-order valence-electron chi connectivity index (χ3n) is 6.31. The van der Waals surface area contributed by atoms with Gasteiger partial charge in [0.1, 0.15) is 24.1 Å². The number of nitrogens with zero attached hydrogens (tertiary/aromatic N) is 4. The van der Waals surface area contributed by atoms with Crippen molar-refractivity contribution in [2.24, 2.45) is 5.92 Å². The Bertz CT molecular complexity index is 1060. The van der Waals surface area contributed by atoms with E-state index in [1.807, 2.05) is 6.07 Å². The predicted molar refractivity (Wildman–Crippen MR) is 107 cm³/mol. The largest absolute Gasteiger partial charge is 0.454 e. The molecule has 4 atom stereocenters. The van der Waals surface area contributed by atoms with Crippen LogP contribution in [0.15, 0.2) is 18.5 Å². The fourth-order valence-electron chi connectivity index (χ4n) is 4.54. The van der Waals surface area contributed by atoms with Crippen molar-refractivity contribution in [1.82, 2.24) is 14.6 Å². The third-order valence-corrected chi connectivity index (χ3v) is 6.31. The molecule has 1 aliphatic carbocycles. The summed E-state index contributed by atoms with van der Waals surface area (Å²) in [7, 11) is 0. The molecule has 2 aromatic rings. The first-order valence-electron chi connectivity index (χ1n) is 10.5. The van der Waals surface area contributed by atoms with Crippen molar-refractivity contribution in [3.8, 4) is 0 Å². The zero-order chi connectivity index (χ0) is 21.8. The molecule has 0 unspecified atom stereocenters. The lowest BCUT2D eigenvalue weighted by molar-refractivity contribution is -0.210. The molecular formula is C21H25N5O5. The minimum atomic E-state index is -1.51. The Kier molecular flexibility index (Phi) is 4.66. The fourth-order valence-corrected chi connectivity index (χ4v) is 4.54. The van der Waals surface area contributed by atoms with E-state index in [0.29, 0.717) is 29.4 Å². The van der Waals surface area contributed by atoms with Gasteiger partial charge < -0.3 is 19.9 Å². The van der Waals surface area contributed by atoms with Crippen LogP contribution in [0, 0.1) is 12.5 Å². The average Bonchev–Trinajstić information content (AvgIpc) is 3.34. The van der Waals surface area contributed by atoms with Crippen LogP contribution in [0.4, 0.5) is 5.82 Å². The average molecular weight is 427 g/mol. The Hall–Kier alpha value is -2.74. The van der Waals surface area contributed by atoms with Crippen LogP contribution in [0.3, 0.4) is 0 Å². The number of anilines is 1. The van der Waals surface area contributed by atoms with Crippen LogP contribution in [0.1, 0.15) is 51.3 Å². The topological polar surface area (TPSA) is 115 Å².